The van der Waals surface area contributed by atoms with Gasteiger partial charge in [0.25, 0.3) is 5.92 Å². The molecular formula is C7H13ClF2N2O. The van der Waals surface area contributed by atoms with Crippen molar-refractivity contribution in [3.63, 3.8) is 0 Å². The van der Waals surface area contributed by atoms with Crippen molar-refractivity contribution in [2.24, 2.45) is 5.73 Å². The van der Waals surface area contributed by atoms with E-state index in [1.807, 2.05) is 0 Å². The zero-order valence-electron chi connectivity index (χ0n) is 7.22. The van der Waals surface area contributed by atoms with Crippen LogP contribution >= 0.6 is 12.4 Å². The van der Waals surface area contributed by atoms with E-state index in [9.17, 15) is 13.6 Å². The minimum absolute atomic E-state index is 0. The predicted octanol–water partition coefficient (Wildman–Crippen LogP) is 0.669. The summed E-state index contributed by atoms with van der Waals surface area (Å²) >= 11 is 0. The van der Waals surface area contributed by atoms with Crippen LogP contribution in [0.1, 0.15) is 19.8 Å². The van der Waals surface area contributed by atoms with Crippen molar-refractivity contribution in [2.75, 3.05) is 0 Å². The minimum Gasteiger partial charge on any atom is -0.352 e. The van der Waals surface area contributed by atoms with Crippen LogP contribution < -0.4 is 11.1 Å². The molecule has 0 aliphatic heterocycles. The van der Waals surface area contributed by atoms with Gasteiger partial charge in [-0.25, -0.2) is 8.78 Å². The Morgan fingerprint density at radius 3 is 2.38 bits per heavy atom. The van der Waals surface area contributed by atoms with Gasteiger partial charge in [0, 0.05) is 18.9 Å². The topological polar surface area (TPSA) is 55.1 Å². The first kappa shape index (κ1) is 12.6. The molecular weight excluding hydrogens is 202 g/mol. The van der Waals surface area contributed by atoms with Crippen LogP contribution in [0, 0.1) is 0 Å². The van der Waals surface area contributed by atoms with E-state index in [0.717, 1.165) is 0 Å². The van der Waals surface area contributed by atoms with Gasteiger partial charge in [-0.2, -0.15) is 0 Å². The molecule has 1 aliphatic carbocycles. The summed E-state index contributed by atoms with van der Waals surface area (Å²) in [6.45, 7) is 1.52. The third kappa shape index (κ3) is 3.44. The van der Waals surface area contributed by atoms with Gasteiger partial charge in [-0.15, -0.1) is 12.4 Å². The number of carbonyl (C=O) groups excluding carboxylic acids is 1. The van der Waals surface area contributed by atoms with Crippen LogP contribution in [-0.2, 0) is 4.79 Å². The molecule has 1 saturated carbocycles. The Balaban J connectivity index is 0.00000144. The van der Waals surface area contributed by atoms with Gasteiger partial charge >= 0.3 is 0 Å². The number of halogens is 3. The Morgan fingerprint density at radius 1 is 1.62 bits per heavy atom. The number of hydrogen-bond acceptors (Lipinski definition) is 2. The number of alkyl halides is 2. The summed E-state index contributed by atoms with van der Waals surface area (Å²) in [4.78, 5) is 10.9. The SMILES string of the molecule is C[C@@H](N)C(=O)NC1CC(F)(F)C1.Cl. The first-order chi connectivity index (χ1) is 5.41. The maximum Gasteiger partial charge on any atom is 0.252 e. The van der Waals surface area contributed by atoms with Crippen molar-refractivity contribution in [1.29, 1.82) is 0 Å². The lowest BCUT2D eigenvalue weighted by Gasteiger charge is -2.35. The molecule has 13 heavy (non-hydrogen) atoms. The average Bonchev–Trinajstić information content (AvgIpc) is 1.83. The molecule has 1 rings (SSSR count). The van der Waals surface area contributed by atoms with E-state index in [4.69, 9.17) is 5.73 Å². The summed E-state index contributed by atoms with van der Waals surface area (Å²) in [5, 5.41) is 2.43. The van der Waals surface area contributed by atoms with Crippen LogP contribution in [0.5, 0.6) is 0 Å². The third-order valence-electron chi connectivity index (χ3n) is 1.85. The number of nitrogens with one attached hydrogen (secondary N) is 1. The molecule has 0 spiro atoms. The fourth-order valence-electron chi connectivity index (χ4n) is 1.10. The molecule has 1 aliphatic rings. The number of rotatable bonds is 2. The van der Waals surface area contributed by atoms with Crippen molar-refractivity contribution in [3.05, 3.63) is 0 Å². The molecule has 0 saturated heterocycles. The van der Waals surface area contributed by atoms with Crippen LogP contribution in [-0.4, -0.2) is 23.9 Å². The molecule has 1 atom stereocenters. The molecule has 6 heteroatoms. The molecule has 0 radical (unpaired) electrons. The van der Waals surface area contributed by atoms with Gasteiger partial charge in [-0.05, 0) is 6.92 Å². The van der Waals surface area contributed by atoms with Gasteiger partial charge in [-0.3, -0.25) is 4.79 Å². The largest absolute Gasteiger partial charge is 0.352 e. The molecule has 0 aromatic carbocycles. The number of hydrogen-bond donors (Lipinski definition) is 2. The second kappa shape index (κ2) is 4.19. The Labute approximate surface area is 81.5 Å². The van der Waals surface area contributed by atoms with E-state index in [1.54, 1.807) is 0 Å². The smallest absolute Gasteiger partial charge is 0.252 e. The maximum absolute atomic E-state index is 12.3. The van der Waals surface area contributed by atoms with E-state index < -0.39 is 18.0 Å². The lowest BCUT2D eigenvalue weighted by atomic mass is 9.88. The number of nitrogens with two attached hydrogens (primary N) is 1. The number of amides is 1. The molecule has 0 bridgehead atoms. The Hall–Kier alpha value is -0.420. The molecule has 0 aromatic heterocycles. The van der Waals surface area contributed by atoms with Crippen molar-refractivity contribution >= 4 is 18.3 Å². The first-order valence-electron chi connectivity index (χ1n) is 3.84. The first-order valence-corrected chi connectivity index (χ1v) is 3.84. The molecule has 1 fully saturated rings. The average molecular weight is 215 g/mol. The number of carbonyl (C=O) groups is 1. The zero-order chi connectivity index (χ0) is 9.35. The molecule has 3 N–H and O–H groups in total. The van der Waals surface area contributed by atoms with E-state index in [-0.39, 0.29) is 31.2 Å². The Bertz CT molecular complexity index is 191. The van der Waals surface area contributed by atoms with Gasteiger partial charge in [-0.1, -0.05) is 0 Å². The van der Waals surface area contributed by atoms with Gasteiger partial charge in [0.05, 0.1) is 6.04 Å². The summed E-state index contributed by atoms with van der Waals surface area (Å²) in [5.41, 5.74) is 5.23. The molecule has 3 nitrogen and oxygen atoms in total. The molecule has 0 heterocycles. The van der Waals surface area contributed by atoms with Gasteiger partial charge in [0.2, 0.25) is 5.91 Å². The quantitative estimate of drug-likeness (QED) is 0.710. The van der Waals surface area contributed by atoms with E-state index in [2.05, 4.69) is 5.32 Å². The summed E-state index contributed by atoms with van der Waals surface area (Å²) in [5.74, 6) is -2.95. The van der Waals surface area contributed by atoms with Crippen LogP contribution in [0.15, 0.2) is 0 Å². The summed E-state index contributed by atoms with van der Waals surface area (Å²) in [6.07, 6.45) is -0.517. The molecule has 1 amide bonds. The van der Waals surface area contributed by atoms with Gasteiger partial charge in [0.1, 0.15) is 0 Å². The third-order valence-corrected chi connectivity index (χ3v) is 1.85. The summed E-state index contributed by atoms with van der Waals surface area (Å²) < 4.78 is 24.5. The minimum atomic E-state index is -2.59. The maximum atomic E-state index is 12.3. The molecule has 0 aromatic rings. The standard InChI is InChI=1S/C7H12F2N2O.ClH/c1-4(10)6(12)11-5-2-7(8,9)3-5;/h4-5H,2-3,10H2,1H3,(H,11,12);1H/t4-;/m1./s1. The monoisotopic (exact) mass is 214 g/mol. The van der Waals surface area contributed by atoms with Crippen LogP contribution in [0.2, 0.25) is 0 Å². The van der Waals surface area contributed by atoms with Gasteiger partial charge < -0.3 is 11.1 Å². The Morgan fingerprint density at radius 2 is 2.08 bits per heavy atom. The van der Waals surface area contributed by atoms with Crippen molar-refractivity contribution in [2.45, 2.75) is 37.8 Å². The second-order valence-corrected chi connectivity index (χ2v) is 3.26. The summed E-state index contributed by atoms with van der Waals surface area (Å²) in [7, 11) is 0. The van der Waals surface area contributed by atoms with Crippen molar-refractivity contribution < 1.29 is 13.6 Å². The highest BCUT2D eigenvalue weighted by Crippen LogP contribution is 2.37. The second-order valence-electron chi connectivity index (χ2n) is 3.26. The van der Waals surface area contributed by atoms with E-state index in [1.165, 1.54) is 6.92 Å². The van der Waals surface area contributed by atoms with Crippen LogP contribution in [0.3, 0.4) is 0 Å². The molecule has 78 valence electrons. The Kier molecular flexibility index (Phi) is 4.06. The predicted molar refractivity (Wildman–Crippen MR) is 47.0 cm³/mol. The van der Waals surface area contributed by atoms with Crippen molar-refractivity contribution in [3.8, 4) is 0 Å². The lowest BCUT2D eigenvalue weighted by Crippen LogP contribution is -2.53. The summed E-state index contributed by atoms with van der Waals surface area (Å²) in [6, 6.07) is -1.02. The fourth-order valence-corrected chi connectivity index (χ4v) is 1.10. The van der Waals surface area contributed by atoms with E-state index >= 15 is 0 Å². The van der Waals surface area contributed by atoms with Crippen LogP contribution in [0.4, 0.5) is 8.78 Å². The highest BCUT2D eigenvalue weighted by molar-refractivity contribution is 5.85. The van der Waals surface area contributed by atoms with Crippen LogP contribution in [0.25, 0.3) is 0 Å². The zero-order valence-corrected chi connectivity index (χ0v) is 8.04. The molecule has 0 unspecified atom stereocenters. The normalized spacial score (nSPS) is 22.5. The van der Waals surface area contributed by atoms with Gasteiger partial charge in [0.15, 0.2) is 0 Å². The van der Waals surface area contributed by atoms with E-state index in [0.29, 0.717) is 0 Å². The fraction of sp³-hybridized carbons (Fsp3) is 0.857. The highest BCUT2D eigenvalue weighted by atomic mass is 35.5. The highest BCUT2D eigenvalue weighted by Gasteiger charge is 2.45. The van der Waals surface area contributed by atoms with Crippen molar-refractivity contribution in [1.82, 2.24) is 5.32 Å². The lowest BCUT2D eigenvalue weighted by molar-refractivity contribution is -0.130.